The minimum atomic E-state index is -0.692. The first-order valence-corrected chi connectivity index (χ1v) is 8.46. The maximum absolute atomic E-state index is 11.2. The molecule has 0 fully saturated rings. The lowest BCUT2D eigenvalue weighted by atomic mass is 10.0. The molecule has 0 radical (unpaired) electrons. The standard InChI is InChI=1S/C21H24N2O3/c1-14(2)10-16(23-21(25)13-24)6-5-9-26-17-7-8-20-18(11-17)19(12-22-20)15(3)4/h5-13,15,22H,1-4H3,(H,23,25)/b9-5+,16-6+. The van der Waals surface area contributed by atoms with Crippen LogP contribution < -0.4 is 10.1 Å². The Hall–Kier alpha value is -3.08. The van der Waals surface area contributed by atoms with Crippen LogP contribution in [0.15, 0.2) is 60.2 Å². The Labute approximate surface area is 153 Å². The molecule has 0 aliphatic carbocycles. The highest BCUT2D eigenvalue weighted by Gasteiger charge is 2.08. The van der Waals surface area contributed by atoms with Crippen molar-refractivity contribution >= 4 is 23.1 Å². The number of nitrogens with one attached hydrogen (secondary N) is 2. The third kappa shape index (κ3) is 5.21. The second-order valence-corrected chi connectivity index (χ2v) is 6.50. The summed E-state index contributed by atoms with van der Waals surface area (Å²) in [6.45, 7) is 8.11. The monoisotopic (exact) mass is 352 g/mol. The van der Waals surface area contributed by atoms with Gasteiger partial charge in [-0.2, -0.15) is 0 Å². The van der Waals surface area contributed by atoms with Crippen LogP contribution in [0.4, 0.5) is 0 Å². The minimum Gasteiger partial charge on any atom is -0.465 e. The first kappa shape index (κ1) is 19.2. The average Bonchev–Trinajstić information content (AvgIpc) is 3.01. The van der Waals surface area contributed by atoms with Gasteiger partial charge in [-0.25, -0.2) is 0 Å². The van der Waals surface area contributed by atoms with Crippen LogP contribution >= 0.6 is 0 Å². The maximum Gasteiger partial charge on any atom is 0.288 e. The fourth-order valence-electron chi connectivity index (χ4n) is 2.54. The van der Waals surface area contributed by atoms with Gasteiger partial charge in [0.15, 0.2) is 0 Å². The zero-order valence-electron chi connectivity index (χ0n) is 15.5. The fourth-order valence-corrected chi connectivity index (χ4v) is 2.54. The molecule has 2 N–H and O–H groups in total. The first-order valence-electron chi connectivity index (χ1n) is 8.46. The van der Waals surface area contributed by atoms with Crippen molar-refractivity contribution in [2.24, 2.45) is 0 Å². The summed E-state index contributed by atoms with van der Waals surface area (Å²) in [6, 6.07) is 5.88. The van der Waals surface area contributed by atoms with Crippen LogP contribution in [-0.4, -0.2) is 17.2 Å². The number of aromatic amines is 1. The molecule has 1 heterocycles. The lowest BCUT2D eigenvalue weighted by molar-refractivity contribution is -0.130. The number of carbonyl (C=O) groups excluding carboxylic acids is 2. The summed E-state index contributed by atoms with van der Waals surface area (Å²) < 4.78 is 5.66. The van der Waals surface area contributed by atoms with Crippen molar-refractivity contribution in [3.05, 3.63) is 65.7 Å². The Balaban J connectivity index is 2.14. The summed E-state index contributed by atoms with van der Waals surface area (Å²) in [7, 11) is 0. The molecule has 0 saturated heterocycles. The van der Waals surface area contributed by atoms with E-state index in [0.717, 1.165) is 22.2 Å². The summed E-state index contributed by atoms with van der Waals surface area (Å²) in [4.78, 5) is 25.0. The molecular weight excluding hydrogens is 328 g/mol. The summed E-state index contributed by atoms with van der Waals surface area (Å²) in [5.74, 6) is 0.456. The van der Waals surface area contributed by atoms with Crippen molar-refractivity contribution in [1.29, 1.82) is 0 Å². The van der Waals surface area contributed by atoms with Crippen molar-refractivity contribution in [3.63, 3.8) is 0 Å². The molecule has 136 valence electrons. The molecule has 0 unspecified atom stereocenters. The van der Waals surface area contributed by atoms with Crippen molar-refractivity contribution in [2.75, 3.05) is 0 Å². The molecule has 1 amide bonds. The molecule has 0 aliphatic rings. The van der Waals surface area contributed by atoms with E-state index in [1.165, 1.54) is 11.8 Å². The van der Waals surface area contributed by atoms with Crippen molar-refractivity contribution in [2.45, 2.75) is 33.6 Å². The lowest BCUT2D eigenvalue weighted by Gasteiger charge is -2.05. The van der Waals surface area contributed by atoms with Crippen molar-refractivity contribution in [3.8, 4) is 5.75 Å². The van der Waals surface area contributed by atoms with E-state index in [-0.39, 0.29) is 6.29 Å². The Kier molecular flexibility index (Phi) is 6.55. The van der Waals surface area contributed by atoms with Gasteiger partial charge in [0, 0.05) is 22.8 Å². The molecule has 0 bridgehead atoms. The third-order valence-corrected chi connectivity index (χ3v) is 3.68. The van der Waals surface area contributed by atoms with Crippen LogP contribution in [0.5, 0.6) is 5.75 Å². The number of hydrogen-bond acceptors (Lipinski definition) is 3. The van der Waals surface area contributed by atoms with E-state index in [4.69, 9.17) is 4.74 Å². The molecule has 0 atom stereocenters. The van der Waals surface area contributed by atoms with Gasteiger partial charge in [0.1, 0.15) is 5.75 Å². The highest BCUT2D eigenvalue weighted by atomic mass is 16.5. The van der Waals surface area contributed by atoms with Crippen LogP contribution in [0.2, 0.25) is 0 Å². The number of H-pyrrole nitrogens is 1. The molecular formula is C21H24N2O3. The van der Waals surface area contributed by atoms with Gasteiger partial charge < -0.3 is 15.0 Å². The number of hydrogen-bond donors (Lipinski definition) is 2. The van der Waals surface area contributed by atoms with Crippen LogP contribution in [0, 0.1) is 0 Å². The summed E-state index contributed by atoms with van der Waals surface area (Å²) in [6.07, 6.45) is 8.92. The largest absolute Gasteiger partial charge is 0.465 e. The topological polar surface area (TPSA) is 71.2 Å². The Morgan fingerprint density at radius 1 is 1.27 bits per heavy atom. The van der Waals surface area contributed by atoms with Crippen LogP contribution in [0.1, 0.15) is 39.2 Å². The van der Waals surface area contributed by atoms with E-state index >= 15 is 0 Å². The average molecular weight is 352 g/mol. The molecule has 26 heavy (non-hydrogen) atoms. The predicted octanol–water partition coefficient (Wildman–Crippen LogP) is 4.35. The van der Waals surface area contributed by atoms with E-state index < -0.39 is 5.91 Å². The lowest BCUT2D eigenvalue weighted by Crippen LogP contribution is -2.22. The molecule has 1 aromatic carbocycles. The van der Waals surface area contributed by atoms with E-state index in [9.17, 15) is 9.59 Å². The van der Waals surface area contributed by atoms with Crippen molar-refractivity contribution in [1.82, 2.24) is 10.3 Å². The molecule has 0 aliphatic heterocycles. The second kappa shape index (κ2) is 8.85. The smallest absolute Gasteiger partial charge is 0.288 e. The number of aldehydes is 1. The Morgan fingerprint density at radius 3 is 2.69 bits per heavy atom. The SMILES string of the molecule is CC(C)=C/C(=C\C=C\Oc1ccc2[nH]cc(C(C)C)c2c1)NC(=O)C=O. The van der Waals surface area contributed by atoms with E-state index in [1.54, 1.807) is 18.2 Å². The number of rotatable bonds is 7. The Morgan fingerprint density at radius 2 is 2.04 bits per heavy atom. The van der Waals surface area contributed by atoms with Gasteiger partial charge >= 0.3 is 0 Å². The molecule has 0 saturated carbocycles. The van der Waals surface area contributed by atoms with Gasteiger partial charge in [-0.1, -0.05) is 19.4 Å². The third-order valence-electron chi connectivity index (χ3n) is 3.68. The molecule has 0 spiro atoms. The zero-order valence-corrected chi connectivity index (χ0v) is 15.5. The molecule has 1 aromatic heterocycles. The van der Waals surface area contributed by atoms with Gasteiger partial charge in [0.2, 0.25) is 6.29 Å². The molecule has 5 heteroatoms. The normalized spacial score (nSPS) is 11.8. The predicted molar refractivity (Wildman–Crippen MR) is 104 cm³/mol. The van der Waals surface area contributed by atoms with Crippen LogP contribution in [0.3, 0.4) is 0 Å². The number of benzene rings is 1. The van der Waals surface area contributed by atoms with Gasteiger partial charge in [-0.15, -0.1) is 0 Å². The van der Waals surface area contributed by atoms with Crippen LogP contribution in [-0.2, 0) is 9.59 Å². The highest BCUT2D eigenvalue weighted by molar-refractivity contribution is 6.24. The van der Waals surface area contributed by atoms with Crippen molar-refractivity contribution < 1.29 is 14.3 Å². The summed E-state index contributed by atoms with van der Waals surface area (Å²) in [5, 5.41) is 3.65. The molecule has 2 rings (SSSR count). The summed E-state index contributed by atoms with van der Waals surface area (Å²) >= 11 is 0. The van der Waals surface area contributed by atoms with E-state index in [2.05, 4.69) is 24.1 Å². The van der Waals surface area contributed by atoms with Gasteiger partial charge in [-0.05, 0) is 61.8 Å². The number of carbonyl (C=O) groups is 2. The first-order chi connectivity index (χ1) is 12.4. The molecule has 2 aromatic rings. The van der Waals surface area contributed by atoms with Gasteiger partial charge in [0.25, 0.3) is 5.91 Å². The second-order valence-electron chi connectivity index (χ2n) is 6.50. The maximum atomic E-state index is 11.2. The zero-order chi connectivity index (χ0) is 19.1. The highest BCUT2D eigenvalue weighted by Crippen LogP contribution is 2.28. The van der Waals surface area contributed by atoms with Gasteiger partial charge in [0.05, 0.1) is 6.26 Å². The number of fused-ring (bicyclic) bond motifs is 1. The minimum absolute atomic E-state index is 0.241. The van der Waals surface area contributed by atoms with E-state index in [0.29, 0.717) is 11.6 Å². The fraction of sp³-hybridized carbons (Fsp3) is 0.238. The number of allylic oxidation sites excluding steroid dienone is 4. The quantitative estimate of drug-likeness (QED) is 0.337. The van der Waals surface area contributed by atoms with E-state index in [1.807, 2.05) is 38.2 Å². The summed E-state index contributed by atoms with van der Waals surface area (Å²) in [5.41, 5.74) is 3.84. The number of ether oxygens (including phenoxy) is 1. The van der Waals surface area contributed by atoms with Gasteiger partial charge in [-0.3, -0.25) is 9.59 Å². The Bertz CT molecular complexity index is 882. The number of amides is 1. The number of aromatic nitrogens is 1. The molecule has 5 nitrogen and oxygen atoms in total. The van der Waals surface area contributed by atoms with Crippen LogP contribution in [0.25, 0.3) is 10.9 Å².